The van der Waals surface area contributed by atoms with Gasteiger partial charge < -0.3 is 17.0 Å². The summed E-state index contributed by atoms with van der Waals surface area (Å²) in [5.74, 6) is 0.929. The van der Waals surface area contributed by atoms with Crippen LogP contribution in [0.1, 0.15) is 21.5 Å². The van der Waals surface area contributed by atoms with Crippen molar-refractivity contribution < 1.29 is 21.8 Å². The van der Waals surface area contributed by atoms with Crippen LogP contribution < -0.4 is 17.0 Å². The maximum Gasteiger partial charge on any atom is 0.211 e. The molecule has 1 nitrogen and oxygen atoms in total. The van der Waals surface area contributed by atoms with Crippen molar-refractivity contribution in [3.05, 3.63) is 59.2 Å². The number of hydrogen-bond donors (Lipinski definition) is 0. The first-order valence-corrected chi connectivity index (χ1v) is 8.65. The van der Waals surface area contributed by atoms with Gasteiger partial charge in [0.25, 0.3) is 0 Å². The Labute approximate surface area is 133 Å². The molecule has 0 saturated heterocycles. The van der Waals surface area contributed by atoms with Crippen LogP contribution in [0.25, 0.3) is 11.1 Å². The van der Waals surface area contributed by atoms with E-state index in [9.17, 15) is 4.79 Å². The SMILES string of the molecule is C[S+](C)CC(=O)c1ccc2c(c1)Cc1ccccc1-2.[Br-]. The van der Waals surface area contributed by atoms with Crippen molar-refractivity contribution in [3.63, 3.8) is 0 Å². The van der Waals surface area contributed by atoms with E-state index >= 15 is 0 Å². The maximum atomic E-state index is 12.1. The summed E-state index contributed by atoms with van der Waals surface area (Å²) >= 11 is 0. The second-order valence-corrected chi connectivity index (χ2v) is 7.52. The molecule has 0 unspecified atom stereocenters. The van der Waals surface area contributed by atoms with Gasteiger partial charge in [0.15, 0.2) is 5.75 Å². The van der Waals surface area contributed by atoms with Crippen LogP contribution in [0, 0.1) is 0 Å². The van der Waals surface area contributed by atoms with Crippen LogP contribution >= 0.6 is 0 Å². The zero-order chi connectivity index (χ0) is 13.4. The lowest BCUT2D eigenvalue weighted by Gasteiger charge is -2.04. The molecule has 2 aromatic rings. The lowest BCUT2D eigenvalue weighted by Crippen LogP contribution is -3.00. The summed E-state index contributed by atoms with van der Waals surface area (Å²) in [5.41, 5.74) is 6.14. The van der Waals surface area contributed by atoms with Crippen molar-refractivity contribution in [2.24, 2.45) is 0 Å². The molecule has 0 saturated carbocycles. The van der Waals surface area contributed by atoms with Crippen molar-refractivity contribution in [3.8, 4) is 11.1 Å². The minimum atomic E-state index is 0. The Kier molecular flexibility index (Phi) is 4.71. The van der Waals surface area contributed by atoms with Gasteiger partial charge in [0.1, 0.15) is 0 Å². The third-order valence-electron chi connectivity index (χ3n) is 3.54. The fourth-order valence-corrected chi connectivity index (χ4v) is 3.36. The highest BCUT2D eigenvalue weighted by molar-refractivity contribution is 7.96. The highest BCUT2D eigenvalue weighted by Crippen LogP contribution is 2.36. The number of hydrogen-bond acceptors (Lipinski definition) is 1. The molecule has 0 atom stereocenters. The van der Waals surface area contributed by atoms with E-state index in [0.717, 1.165) is 12.0 Å². The third kappa shape index (κ3) is 2.84. The fourth-order valence-electron chi connectivity index (χ4n) is 2.66. The standard InChI is InChI=1S/C17H17OS.BrH/c1-19(2)11-17(18)13-7-8-16-14(10-13)9-12-5-3-4-6-15(12)16;/h3-8,10H,9,11H2,1-2H3;1H/q+1;/p-1. The van der Waals surface area contributed by atoms with Gasteiger partial charge in [-0.1, -0.05) is 36.4 Å². The summed E-state index contributed by atoms with van der Waals surface area (Å²) in [6.45, 7) is 0. The average molecular weight is 349 g/mol. The van der Waals surface area contributed by atoms with E-state index in [1.165, 1.54) is 22.3 Å². The number of carbonyl (C=O) groups is 1. The molecule has 0 spiro atoms. The highest BCUT2D eigenvalue weighted by atomic mass is 79.9. The predicted octanol–water partition coefficient (Wildman–Crippen LogP) is 0.322. The van der Waals surface area contributed by atoms with Crippen molar-refractivity contribution in [1.82, 2.24) is 0 Å². The van der Waals surface area contributed by atoms with Gasteiger partial charge in [0.05, 0.1) is 12.5 Å². The molecule has 0 aliphatic heterocycles. The second-order valence-electron chi connectivity index (χ2n) is 5.26. The van der Waals surface area contributed by atoms with Crippen molar-refractivity contribution in [2.45, 2.75) is 6.42 Å². The summed E-state index contributed by atoms with van der Waals surface area (Å²) < 4.78 is 0. The van der Waals surface area contributed by atoms with E-state index in [2.05, 4.69) is 48.9 Å². The molecule has 104 valence electrons. The number of ketones is 1. The highest BCUT2D eigenvalue weighted by Gasteiger charge is 2.20. The maximum absolute atomic E-state index is 12.1. The Hall–Kier alpha value is -1.06. The third-order valence-corrected chi connectivity index (χ3v) is 4.37. The van der Waals surface area contributed by atoms with E-state index < -0.39 is 0 Å². The molecule has 0 amide bonds. The molecule has 0 radical (unpaired) electrons. The molecule has 2 aromatic carbocycles. The molecular formula is C17H17BrOS. The van der Waals surface area contributed by atoms with Gasteiger partial charge in [0.2, 0.25) is 5.78 Å². The Bertz CT molecular complexity index is 649. The first-order valence-electron chi connectivity index (χ1n) is 6.44. The smallest absolute Gasteiger partial charge is 0.211 e. The van der Waals surface area contributed by atoms with Gasteiger partial charge in [0, 0.05) is 5.56 Å². The van der Waals surface area contributed by atoms with Gasteiger partial charge in [-0.25, -0.2) is 0 Å². The van der Waals surface area contributed by atoms with Crippen LogP contribution in [0.4, 0.5) is 0 Å². The van der Waals surface area contributed by atoms with E-state index in [0.29, 0.717) is 5.75 Å². The Morgan fingerprint density at radius 3 is 2.50 bits per heavy atom. The zero-order valence-corrected chi connectivity index (χ0v) is 14.1. The molecule has 20 heavy (non-hydrogen) atoms. The minimum Gasteiger partial charge on any atom is -1.00 e. The van der Waals surface area contributed by atoms with Crippen LogP contribution in [0.3, 0.4) is 0 Å². The number of carbonyl (C=O) groups excluding carboxylic acids is 1. The largest absolute Gasteiger partial charge is 1.00 e. The second kappa shape index (κ2) is 6.15. The zero-order valence-electron chi connectivity index (χ0n) is 11.7. The first-order chi connectivity index (χ1) is 9.15. The quantitative estimate of drug-likeness (QED) is 0.492. The number of rotatable bonds is 3. The van der Waals surface area contributed by atoms with Crippen LogP contribution in [-0.2, 0) is 17.3 Å². The molecule has 1 aliphatic rings. The molecular weight excluding hydrogens is 332 g/mol. The Morgan fingerprint density at radius 1 is 1.05 bits per heavy atom. The van der Waals surface area contributed by atoms with Crippen LogP contribution in [-0.4, -0.2) is 24.0 Å². The lowest BCUT2D eigenvalue weighted by atomic mass is 10.0. The molecule has 3 heteroatoms. The normalized spacial score (nSPS) is 11.8. The molecule has 0 bridgehead atoms. The summed E-state index contributed by atoms with van der Waals surface area (Å²) in [6, 6.07) is 14.7. The summed E-state index contributed by atoms with van der Waals surface area (Å²) in [4.78, 5) is 12.1. The molecule has 0 aromatic heterocycles. The summed E-state index contributed by atoms with van der Waals surface area (Å²) in [7, 11) is 0.166. The van der Waals surface area contributed by atoms with E-state index in [1.807, 2.05) is 6.07 Å². The number of halogens is 1. The summed E-state index contributed by atoms with van der Waals surface area (Å²) in [5, 5.41) is 0. The predicted molar refractivity (Wildman–Crippen MR) is 83.1 cm³/mol. The van der Waals surface area contributed by atoms with Gasteiger partial charge in [-0.2, -0.15) is 0 Å². The molecule has 0 N–H and O–H groups in total. The van der Waals surface area contributed by atoms with Crippen molar-refractivity contribution in [2.75, 3.05) is 18.3 Å². The first kappa shape index (κ1) is 15.3. The van der Waals surface area contributed by atoms with Crippen LogP contribution in [0.2, 0.25) is 0 Å². The molecule has 1 aliphatic carbocycles. The number of fused-ring (bicyclic) bond motifs is 3. The lowest BCUT2D eigenvalue weighted by molar-refractivity contribution is -0.0000117. The van der Waals surface area contributed by atoms with Gasteiger partial charge >= 0.3 is 0 Å². The fraction of sp³-hybridized carbons (Fsp3) is 0.235. The van der Waals surface area contributed by atoms with Gasteiger partial charge in [-0.15, -0.1) is 0 Å². The minimum absolute atomic E-state index is 0. The number of benzene rings is 2. The van der Waals surface area contributed by atoms with E-state index in [-0.39, 0.29) is 33.7 Å². The van der Waals surface area contributed by atoms with Crippen molar-refractivity contribution in [1.29, 1.82) is 0 Å². The monoisotopic (exact) mass is 348 g/mol. The Morgan fingerprint density at radius 2 is 1.75 bits per heavy atom. The number of Topliss-reactive ketones (excluding diaryl/α,β-unsaturated/α-hetero) is 1. The van der Waals surface area contributed by atoms with Crippen LogP contribution in [0.15, 0.2) is 42.5 Å². The van der Waals surface area contributed by atoms with E-state index in [4.69, 9.17) is 0 Å². The van der Waals surface area contributed by atoms with E-state index in [1.54, 1.807) is 0 Å². The summed E-state index contributed by atoms with van der Waals surface area (Å²) in [6.07, 6.45) is 5.18. The van der Waals surface area contributed by atoms with Gasteiger partial charge in [-0.05, 0) is 45.6 Å². The van der Waals surface area contributed by atoms with Gasteiger partial charge in [-0.3, -0.25) is 4.79 Å². The molecule has 0 heterocycles. The molecule has 0 fully saturated rings. The Balaban J connectivity index is 0.00000147. The van der Waals surface area contributed by atoms with Crippen LogP contribution in [0.5, 0.6) is 0 Å². The average Bonchev–Trinajstić information content (AvgIpc) is 2.75. The topological polar surface area (TPSA) is 17.1 Å². The van der Waals surface area contributed by atoms with Crippen molar-refractivity contribution >= 4 is 16.7 Å². The molecule has 3 rings (SSSR count).